The molecule has 0 spiro atoms. The highest BCUT2D eigenvalue weighted by Gasteiger charge is 2.20. The summed E-state index contributed by atoms with van der Waals surface area (Å²) in [6, 6.07) is 14.3. The molecule has 0 atom stereocenters. The lowest BCUT2D eigenvalue weighted by molar-refractivity contribution is 0.340. The first-order valence-electron chi connectivity index (χ1n) is 9.77. The SMILES string of the molecule is CCOc1ccc(-n2c(C)c3c(C)nnc(-c4ccc(C)cc4)c3c2C)cc1Cl. The van der Waals surface area contributed by atoms with E-state index in [-0.39, 0.29) is 0 Å². The number of ether oxygens (including phenoxy) is 1. The maximum Gasteiger partial charge on any atom is 0.138 e. The lowest BCUT2D eigenvalue weighted by Gasteiger charge is -2.12. The van der Waals surface area contributed by atoms with Crippen LogP contribution in [0, 0.1) is 27.7 Å². The molecular weight excluding hydrogens is 382 g/mol. The van der Waals surface area contributed by atoms with Gasteiger partial charge in [-0.1, -0.05) is 41.4 Å². The van der Waals surface area contributed by atoms with Gasteiger partial charge in [-0.25, -0.2) is 0 Å². The summed E-state index contributed by atoms with van der Waals surface area (Å²) in [5, 5.41) is 11.9. The van der Waals surface area contributed by atoms with Gasteiger partial charge in [0.1, 0.15) is 11.4 Å². The summed E-state index contributed by atoms with van der Waals surface area (Å²) >= 11 is 6.47. The van der Waals surface area contributed by atoms with Crippen molar-refractivity contribution in [1.82, 2.24) is 14.8 Å². The molecule has 4 nitrogen and oxygen atoms in total. The molecule has 148 valence electrons. The third-order valence-corrected chi connectivity index (χ3v) is 5.64. The number of rotatable bonds is 4. The van der Waals surface area contributed by atoms with E-state index in [1.54, 1.807) is 0 Å². The van der Waals surface area contributed by atoms with E-state index in [2.05, 4.69) is 59.8 Å². The van der Waals surface area contributed by atoms with Crippen molar-refractivity contribution < 1.29 is 4.74 Å². The molecule has 0 bridgehead atoms. The molecule has 0 radical (unpaired) electrons. The van der Waals surface area contributed by atoms with Crippen molar-refractivity contribution in [2.75, 3.05) is 6.61 Å². The van der Waals surface area contributed by atoms with Crippen molar-refractivity contribution in [3.05, 3.63) is 70.1 Å². The van der Waals surface area contributed by atoms with Crippen molar-refractivity contribution in [1.29, 1.82) is 0 Å². The molecule has 0 saturated heterocycles. The fourth-order valence-corrected chi connectivity index (χ4v) is 4.23. The van der Waals surface area contributed by atoms with E-state index in [1.165, 1.54) is 5.56 Å². The van der Waals surface area contributed by atoms with Gasteiger partial charge < -0.3 is 9.30 Å². The highest BCUT2D eigenvalue weighted by molar-refractivity contribution is 6.32. The molecule has 29 heavy (non-hydrogen) atoms. The van der Waals surface area contributed by atoms with Crippen molar-refractivity contribution in [3.8, 4) is 22.7 Å². The van der Waals surface area contributed by atoms with Gasteiger partial charge in [0, 0.05) is 33.4 Å². The van der Waals surface area contributed by atoms with Crippen molar-refractivity contribution >= 4 is 22.4 Å². The van der Waals surface area contributed by atoms with Crippen molar-refractivity contribution in [2.45, 2.75) is 34.6 Å². The predicted octanol–water partition coefficient (Wildman–Crippen LogP) is 6.37. The second-order valence-corrected chi connectivity index (χ2v) is 7.71. The lowest BCUT2D eigenvalue weighted by atomic mass is 10.0. The van der Waals surface area contributed by atoms with Crippen LogP contribution in [0.3, 0.4) is 0 Å². The number of hydrogen-bond acceptors (Lipinski definition) is 3. The van der Waals surface area contributed by atoms with Crippen LogP contribution in [0.2, 0.25) is 5.02 Å². The van der Waals surface area contributed by atoms with Gasteiger partial charge in [-0.05, 0) is 52.8 Å². The largest absolute Gasteiger partial charge is 0.492 e. The fraction of sp³-hybridized carbons (Fsp3) is 0.250. The van der Waals surface area contributed by atoms with Crippen LogP contribution in [0.25, 0.3) is 27.7 Å². The van der Waals surface area contributed by atoms with Gasteiger partial charge in [-0.15, -0.1) is 5.10 Å². The second-order valence-electron chi connectivity index (χ2n) is 7.30. The Hall–Kier alpha value is -2.85. The number of benzene rings is 2. The normalized spacial score (nSPS) is 11.2. The molecule has 2 aromatic carbocycles. The summed E-state index contributed by atoms with van der Waals surface area (Å²) < 4.78 is 7.81. The van der Waals surface area contributed by atoms with E-state index >= 15 is 0 Å². The second kappa shape index (κ2) is 7.53. The van der Waals surface area contributed by atoms with Crippen LogP contribution in [0.4, 0.5) is 0 Å². The van der Waals surface area contributed by atoms with Gasteiger partial charge in [-0.2, -0.15) is 5.10 Å². The Morgan fingerprint density at radius 3 is 2.24 bits per heavy atom. The van der Waals surface area contributed by atoms with Gasteiger partial charge in [0.25, 0.3) is 0 Å². The van der Waals surface area contributed by atoms with Gasteiger partial charge in [-0.3, -0.25) is 0 Å². The number of nitrogens with zero attached hydrogens (tertiary/aromatic N) is 3. The molecule has 0 unspecified atom stereocenters. The zero-order chi connectivity index (χ0) is 20.7. The summed E-state index contributed by atoms with van der Waals surface area (Å²) in [6.45, 7) is 10.9. The Kier molecular flexibility index (Phi) is 5.05. The zero-order valence-electron chi connectivity index (χ0n) is 17.4. The topological polar surface area (TPSA) is 39.9 Å². The standard InChI is InChI=1S/C24H24ClN3O/c1-6-29-21-12-11-19(13-20(21)25)28-16(4)22-15(3)26-27-24(23(22)17(28)5)18-9-7-14(2)8-10-18/h7-13H,6H2,1-5H3. The molecular formula is C24H24ClN3O. The van der Waals surface area contributed by atoms with E-state index in [0.29, 0.717) is 17.4 Å². The van der Waals surface area contributed by atoms with Crippen LogP contribution in [-0.2, 0) is 0 Å². The molecule has 0 aliphatic rings. The monoisotopic (exact) mass is 405 g/mol. The Morgan fingerprint density at radius 1 is 0.897 bits per heavy atom. The molecule has 4 rings (SSSR count). The Morgan fingerprint density at radius 2 is 1.59 bits per heavy atom. The molecule has 0 N–H and O–H groups in total. The number of halogens is 1. The maximum absolute atomic E-state index is 6.47. The third-order valence-electron chi connectivity index (χ3n) is 5.34. The van der Waals surface area contributed by atoms with E-state index in [0.717, 1.165) is 44.8 Å². The van der Waals surface area contributed by atoms with Crippen LogP contribution in [0.15, 0.2) is 42.5 Å². The molecule has 0 aliphatic carbocycles. The summed E-state index contributed by atoms with van der Waals surface area (Å²) in [5.41, 5.74) is 7.36. The smallest absolute Gasteiger partial charge is 0.138 e. The van der Waals surface area contributed by atoms with Gasteiger partial charge >= 0.3 is 0 Å². The van der Waals surface area contributed by atoms with Crippen LogP contribution in [0.5, 0.6) is 5.75 Å². The highest BCUT2D eigenvalue weighted by Crippen LogP contribution is 2.37. The lowest BCUT2D eigenvalue weighted by Crippen LogP contribution is -2.00. The van der Waals surface area contributed by atoms with Crippen LogP contribution >= 0.6 is 11.6 Å². The number of fused-ring (bicyclic) bond motifs is 1. The Balaban J connectivity index is 1.98. The summed E-state index contributed by atoms with van der Waals surface area (Å²) in [7, 11) is 0. The minimum Gasteiger partial charge on any atom is -0.492 e. The number of aryl methyl sites for hydroxylation is 4. The van der Waals surface area contributed by atoms with Crippen molar-refractivity contribution in [3.63, 3.8) is 0 Å². The van der Waals surface area contributed by atoms with E-state index in [1.807, 2.05) is 32.0 Å². The van der Waals surface area contributed by atoms with E-state index < -0.39 is 0 Å². The fourth-order valence-electron chi connectivity index (χ4n) is 4.00. The summed E-state index contributed by atoms with van der Waals surface area (Å²) in [4.78, 5) is 0. The first-order valence-corrected chi connectivity index (χ1v) is 10.1. The van der Waals surface area contributed by atoms with E-state index in [4.69, 9.17) is 16.3 Å². The minimum atomic E-state index is 0.584. The van der Waals surface area contributed by atoms with Gasteiger partial charge in [0.2, 0.25) is 0 Å². The molecule has 4 aromatic rings. The molecule has 2 heterocycles. The highest BCUT2D eigenvalue weighted by atomic mass is 35.5. The Bertz CT molecular complexity index is 1210. The van der Waals surface area contributed by atoms with Gasteiger partial charge in [0.05, 0.1) is 17.3 Å². The number of aromatic nitrogens is 3. The average Bonchev–Trinajstić information content (AvgIpc) is 2.96. The first-order chi connectivity index (χ1) is 13.9. The molecule has 5 heteroatoms. The summed E-state index contributed by atoms with van der Waals surface area (Å²) in [5.74, 6) is 0.699. The number of hydrogen-bond donors (Lipinski definition) is 0. The molecule has 0 aliphatic heterocycles. The first kappa shape index (κ1) is 19.5. The van der Waals surface area contributed by atoms with Crippen LogP contribution in [0.1, 0.15) is 29.6 Å². The minimum absolute atomic E-state index is 0.584. The summed E-state index contributed by atoms with van der Waals surface area (Å²) in [6.07, 6.45) is 0. The van der Waals surface area contributed by atoms with Gasteiger partial charge in [0.15, 0.2) is 0 Å². The average molecular weight is 406 g/mol. The predicted molar refractivity (Wildman–Crippen MR) is 119 cm³/mol. The molecule has 0 saturated carbocycles. The quantitative estimate of drug-likeness (QED) is 0.395. The van der Waals surface area contributed by atoms with Crippen molar-refractivity contribution in [2.24, 2.45) is 0 Å². The zero-order valence-corrected chi connectivity index (χ0v) is 18.1. The van der Waals surface area contributed by atoms with E-state index in [9.17, 15) is 0 Å². The molecule has 0 fully saturated rings. The Labute approximate surface area is 176 Å². The van der Waals surface area contributed by atoms with Crippen LogP contribution < -0.4 is 4.74 Å². The maximum atomic E-state index is 6.47. The third kappa shape index (κ3) is 3.28. The molecule has 2 aromatic heterocycles. The molecule has 0 amide bonds. The van der Waals surface area contributed by atoms with Crippen LogP contribution in [-0.4, -0.2) is 21.4 Å².